The van der Waals surface area contributed by atoms with Crippen molar-refractivity contribution in [3.05, 3.63) is 30.3 Å². The molecule has 1 unspecified atom stereocenters. The van der Waals surface area contributed by atoms with Crippen LogP contribution in [0.25, 0.3) is 0 Å². The fraction of sp³-hybridized carbons (Fsp3) is 0.500. The molecular weight excluding hydrogens is 298 g/mol. The Hall–Kier alpha value is -1.69. The Morgan fingerprint density at radius 1 is 1.27 bits per heavy atom. The van der Waals surface area contributed by atoms with E-state index in [9.17, 15) is 9.59 Å². The third-order valence-electron chi connectivity index (χ3n) is 3.71. The monoisotopic (exact) mass is 321 g/mol. The molecule has 0 saturated carbocycles. The van der Waals surface area contributed by atoms with Crippen molar-refractivity contribution in [2.45, 2.75) is 24.5 Å². The molecule has 1 heterocycles. The minimum absolute atomic E-state index is 0.00579. The van der Waals surface area contributed by atoms with Gasteiger partial charge >= 0.3 is 6.03 Å². The molecule has 1 aromatic carbocycles. The van der Waals surface area contributed by atoms with E-state index in [0.717, 1.165) is 38.0 Å². The third kappa shape index (κ3) is 5.26. The van der Waals surface area contributed by atoms with Gasteiger partial charge in [0.25, 0.3) is 0 Å². The molecule has 1 saturated heterocycles. The molecule has 22 heavy (non-hydrogen) atoms. The van der Waals surface area contributed by atoms with Gasteiger partial charge in [-0.15, -0.1) is 0 Å². The molecule has 3 amide bonds. The summed E-state index contributed by atoms with van der Waals surface area (Å²) in [5.74, 6) is -0.212. The highest BCUT2D eigenvalue weighted by molar-refractivity contribution is 7.99. The number of hydrogen-bond donors (Lipinski definition) is 2. The summed E-state index contributed by atoms with van der Waals surface area (Å²) in [6, 6.07) is 9.08. The average molecular weight is 321 g/mol. The van der Waals surface area contributed by atoms with E-state index >= 15 is 0 Å². The first-order valence-corrected chi connectivity index (χ1v) is 8.88. The lowest BCUT2D eigenvalue weighted by Crippen LogP contribution is -2.45. The van der Waals surface area contributed by atoms with E-state index in [4.69, 9.17) is 0 Å². The second-order valence-corrected chi connectivity index (χ2v) is 6.51. The molecule has 0 bridgehead atoms. The van der Waals surface area contributed by atoms with Gasteiger partial charge in [0.1, 0.15) is 0 Å². The summed E-state index contributed by atoms with van der Waals surface area (Å²) in [7, 11) is 0. The summed E-state index contributed by atoms with van der Waals surface area (Å²) in [6.45, 7) is 1.52. The van der Waals surface area contributed by atoms with Gasteiger partial charge in [-0.1, -0.05) is 24.6 Å². The van der Waals surface area contributed by atoms with Crippen LogP contribution in [0, 0.1) is 0 Å². The highest BCUT2D eigenvalue weighted by Gasteiger charge is 2.21. The lowest BCUT2D eigenvalue weighted by atomic mass is 10.2. The summed E-state index contributed by atoms with van der Waals surface area (Å²) < 4.78 is 0. The summed E-state index contributed by atoms with van der Waals surface area (Å²) in [4.78, 5) is 25.9. The number of amides is 3. The van der Waals surface area contributed by atoms with Crippen molar-refractivity contribution in [1.29, 1.82) is 0 Å². The second-order valence-electron chi connectivity index (χ2n) is 5.37. The number of para-hydroxylation sites is 1. The summed E-state index contributed by atoms with van der Waals surface area (Å²) in [5, 5.41) is 5.96. The van der Waals surface area contributed by atoms with Gasteiger partial charge in [0.2, 0.25) is 5.91 Å². The molecule has 0 radical (unpaired) electrons. The van der Waals surface area contributed by atoms with Crippen LogP contribution in [-0.2, 0) is 4.79 Å². The molecule has 1 aliphatic rings. The largest absolute Gasteiger partial charge is 0.329 e. The Morgan fingerprint density at radius 3 is 2.77 bits per heavy atom. The molecule has 6 heteroatoms. The first kappa shape index (κ1) is 16.7. The maximum Gasteiger partial charge on any atom is 0.317 e. The van der Waals surface area contributed by atoms with Gasteiger partial charge < -0.3 is 15.5 Å². The fourth-order valence-corrected chi connectivity index (χ4v) is 3.21. The Labute approximate surface area is 135 Å². The Morgan fingerprint density at radius 2 is 2.05 bits per heavy atom. The molecule has 1 aliphatic heterocycles. The van der Waals surface area contributed by atoms with Crippen LogP contribution < -0.4 is 10.6 Å². The summed E-state index contributed by atoms with van der Waals surface area (Å²) >= 11 is 1.81. The SMILES string of the molecule is CSC1CCCCN(C(=O)NCC(=O)Nc2ccccc2)C1. The van der Waals surface area contributed by atoms with Crippen LogP contribution in [0.15, 0.2) is 30.3 Å². The normalized spacial score (nSPS) is 18.4. The van der Waals surface area contributed by atoms with Crippen LogP contribution in [0.5, 0.6) is 0 Å². The summed E-state index contributed by atoms with van der Waals surface area (Å²) in [5.41, 5.74) is 0.735. The quantitative estimate of drug-likeness (QED) is 0.896. The van der Waals surface area contributed by atoms with Gasteiger partial charge in [0.15, 0.2) is 0 Å². The van der Waals surface area contributed by atoms with Gasteiger partial charge in [0, 0.05) is 24.0 Å². The van der Waals surface area contributed by atoms with Crippen LogP contribution in [0.4, 0.5) is 10.5 Å². The number of anilines is 1. The molecular formula is C16H23N3O2S. The zero-order valence-corrected chi connectivity index (χ0v) is 13.7. The topological polar surface area (TPSA) is 61.4 Å². The highest BCUT2D eigenvalue weighted by Crippen LogP contribution is 2.19. The predicted octanol–water partition coefficient (Wildman–Crippen LogP) is 2.55. The van der Waals surface area contributed by atoms with E-state index in [-0.39, 0.29) is 18.5 Å². The van der Waals surface area contributed by atoms with Gasteiger partial charge in [-0.3, -0.25) is 4.79 Å². The number of benzene rings is 1. The van der Waals surface area contributed by atoms with E-state index in [0.29, 0.717) is 5.25 Å². The molecule has 2 N–H and O–H groups in total. The standard InChI is InChI=1S/C16H23N3O2S/c1-22-14-9-5-6-10-19(12-14)16(21)17-11-15(20)18-13-7-3-2-4-8-13/h2-4,7-8,14H,5-6,9-12H2,1H3,(H,17,21)(H,18,20). The Kier molecular flexibility index (Phi) is 6.58. The number of thioether (sulfide) groups is 1. The van der Waals surface area contributed by atoms with Crippen LogP contribution in [-0.4, -0.2) is 48.0 Å². The number of urea groups is 1. The van der Waals surface area contributed by atoms with Gasteiger partial charge in [-0.05, 0) is 31.2 Å². The predicted molar refractivity (Wildman–Crippen MR) is 91.2 cm³/mol. The molecule has 1 aromatic rings. The highest BCUT2D eigenvalue weighted by atomic mass is 32.2. The number of nitrogens with one attached hydrogen (secondary N) is 2. The van der Waals surface area contributed by atoms with E-state index in [1.807, 2.05) is 35.2 Å². The molecule has 120 valence electrons. The minimum Gasteiger partial charge on any atom is -0.329 e. The van der Waals surface area contributed by atoms with Crippen molar-refractivity contribution in [2.24, 2.45) is 0 Å². The molecule has 0 aliphatic carbocycles. The van der Waals surface area contributed by atoms with E-state index < -0.39 is 0 Å². The van der Waals surface area contributed by atoms with Crippen molar-refractivity contribution in [3.8, 4) is 0 Å². The number of carbonyl (C=O) groups excluding carboxylic acids is 2. The first-order chi connectivity index (χ1) is 10.7. The van der Waals surface area contributed by atoms with Crippen LogP contribution >= 0.6 is 11.8 Å². The van der Waals surface area contributed by atoms with Gasteiger partial charge in [-0.2, -0.15) is 11.8 Å². The summed E-state index contributed by atoms with van der Waals surface area (Å²) in [6.07, 6.45) is 5.42. The van der Waals surface area contributed by atoms with E-state index in [2.05, 4.69) is 16.9 Å². The zero-order valence-electron chi connectivity index (χ0n) is 12.9. The van der Waals surface area contributed by atoms with Crippen LogP contribution in [0.3, 0.4) is 0 Å². The van der Waals surface area contributed by atoms with Crippen LogP contribution in [0.2, 0.25) is 0 Å². The van der Waals surface area contributed by atoms with E-state index in [1.54, 1.807) is 11.8 Å². The first-order valence-electron chi connectivity index (χ1n) is 7.59. The zero-order chi connectivity index (χ0) is 15.8. The molecule has 5 nitrogen and oxygen atoms in total. The van der Waals surface area contributed by atoms with Gasteiger partial charge in [-0.25, -0.2) is 4.79 Å². The Bertz CT molecular complexity index is 495. The lowest BCUT2D eigenvalue weighted by Gasteiger charge is -2.23. The number of nitrogens with zero attached hydrogens (tertiary/aromatic N) is 1. The Balaban J connectivity index is 1.77. The molecule has 2 rings (SSSR count). The maximum absolute atomic E-state index is 12.2. The molecule has 1 atom stereocenters. The van der Waals surface area contributed by atoms with Crippen molar-refractivity contribution in [2.75, 3.05) is 31.2 Å². The molecule has 0 aromatic heterocycles. The molecule has 1 fully saturated rings. The van der Waals surface area contributed by atoms with E-state index in [1.165, 1.54) is 0 Å². The number of rotatable bonds is 4. The van der Waals surface area contributed by atoms with Crippen molar-refractivity contribution >= 4 is 29.4 Å². The van der Waals surface area contributed by atoms with Crippen molar-refractivity contribution in [1.82, 2.24) is 10.2 Å². The number of likely N-dealkylation sites (tertiary alicyclic amines) is 1. The minimum atomic E-state index is -0.212. The van der Waals surface area contributed by atoms with Crippen molar-refractivity contribution in [3.63, 3.8) is 0 Å². The number of hydrogen-bond acceptors (Lipinski definition) is 3. The number of carbonyl (C=O) groups is 2. The van der Waals surface area contributed by atoms with Crippen LogP contribution in [0.1, 0.15) is 19.3 Å². The fourth-order valence-electron chi connectivity index (χ4n) is 2.47. The van der Waals surface area contributed by atoms with Crippen molar-refractivity contribution < 1.29 is 9.59 Å². The molecule has 0 spiro atoms. The van der Waals surface area contributed by atoms with Gasteiger partial charge in [0.05, 0.1) is 6.54 Å². The maximum atomic E-state index is 12.2. The second kappa shape index (κ2) is 8.68. The average Bonchev–Trinajstić information content (AvgIpc) is 2.79. The lowest BCUT2D eigenvalue weighted by molar-refractivity contribution is -0.115. The smallest absolute Gasteiger partial charge is 0.317 e. The third-order valence-corrected chi connectivity index (χ3v) is 4.76.